The Balaban J connectivity index is 1.88. The Bertz CT molecular complexity index is 286. The van der Waals surface area contributed by atoms with Gasteiger partial charge in [0.1, 0.15) is 0 Å². The molecule has 0 heterocycles. The number of hydrogen-bond donors (Lipinski definition) is 2. The highest BCUT2D eigenvalue weighted by Crippen LogP contribution is 2.71. The second-order valence-corrected chi connectivity index (χ2v) is 5.71. The predicted molar refractivity (Wildman–Crippen MR) is 56.2 cm³/mol. The first-order chi connectivity index (χ1) is 7.19. The zero-order valence-corrected chi connectivity index (χ0v) is 8.98. The van der Waals surface area contributed by atoms with Gasteiger partial charge in [-0.05, 0) is 61.3 Å². The summed E-state index contributed by atoms with van der Waals surface area (Å²) in [5, 5.41) is 9.04. The van der Waals surface area contributed by atoms with Gasteiger partial charge in [0.05, 0.1) is 6.42 Å². The van der Waals surface area contributed by atoms with Crippen molar-refractivity contribution in [3.63, 3.8) is 0 Å². The summed E-state index contributed by atoms with van der Waals surface area (Å²) in [6, 6.07) is 0. The fraction of sp³-hybridized carbons (Fsp3) is 0.917. The maximum atomic E-state index is 11.0. The van der Waals surface area contributed by atoms with E-state index in [9.17, 15) is 4.79 Å². The van der Waals surface area contributed by atoms with Crippen LogP contribution in [0.25, 0.3) is 0 Å². The molecule has 84 valence electrons. The summed E-state index contributed by atoms with van der Waals surface area (Å²) >= 11 is 0. The summed E-state index contributed by atoms with van der Waals surface area (Å²) in [7, 11) is 0. The first-order valence-corrected chi connectivity index (χ1v) is 6.11. The van der Waals surface area contributed by atoms with Crippen molar-refractivity contribution in [1.82, 2.24) is 0 Å². The van der Waals surface area contributed by atoms with E-state index in [-0.39, 0.29) is 5.41 Å². The van der Waals surface area contributed by atoms with Crippen molar-refractivity contribution in [2.24, 2.45) is 34.8 Å². The van der Waals surface area contributed by atoms with E-state index >= 15 is 0 Å². The maximum Gasteiger partial charge on any atom is 0.303 e. The molecule has 3 heteroatoms. The van der Waals surface area contributed by atoms with E-state index in [0.29, 0.717) is 24.8 Å². The first-order valence-electron chi connectivity index (χ1n) is 6.11. The minimum atomic E-state index is -0.658. The third kappa shape index (κ3) is 1.02. The molecule has 0 saturated heterocycles. The predicted octanol–water partition coefficient (Wildman–Crippen LogP) is 1.47. The van der Waals surface area contributed by atoms with Gasteiger partial charge in [0, 0.05) is 0 Å². The van der Waals surface area contributed by atoms with E-state index in [2.05, 4.69) is 0 Å². The van der Waals surface area contributed by atoms with Crippen molar-refractivity contribution >= 4 is 5.97 Å². The van der Waals surface area contributed by atoms with E-state index in [0.717, 1.165) is 11.8 Å². The van der Waals surface area contributed by atoms with E-state index in [4.69, 9.17) is 10.8 Å². The molecule has 3 rings (SSSR count). The van der Waals surface area contributed by atoms with Crippen LogP contribution >= 0.6 is 0 Å². The largest absolute Gasteiger partial charge is 0.481 e. The molecule has 0 spiro atoms. The van der Waals surface area contributed by atoms with E-state index in [1.54, 1.807) is 0 Å². The average Bonchev–Trinajstić information content (AvgIpc) is 2.67. The van der Waals surface area contributed by atoms with Crippen molar-refractivity contribution in [2.75, 3.05) is 6.54 Å². The molecule has 0 aromatic heterocycles. The third-order valence-corrected chi connectivity index (χ3v) is 5.51. The number of carboxylic acids is 1. The van der Waals surface area contributed by atoms with Gasteiger partial charge in [0.25, 0.3) is 0 Å². The van der Waals surface area contributed by atoms with Gasteiger partial charge in [0.15, 0.2) is 0 Å². The van der Waals surface area contributed by atoms with Crippen molar-refractivity contribution in [3.8, 4) is 0 Å². The molecule has 0 radical (unpaired) electrons. The van der Waals surface area contributed by atoms with Crippen LogP contribution in [0.4, 0.5) is 0 Å². The quantitative estimate of drug-likeness (QED) is 0.740. The molecule has 3 fully saturated rings. The molecular weight excluding hydrogens is 190 g/mol. The average molecular weight is 209 g/mol. The molecule has 3 nitrogen and oxygen atoms in total. The molecule has 0 aromatic carbocycles. The summed E-state index contributed by atoms with van der Waals surface area (Å²) in [5.41, 5.74) is 5.87. The van der Waals surface area contributed by atoms with E-state index in [1.165, 1.54) is 25.7 Å². The number of aliphatic carboxylic acids is 1. The summed E-state index contributed by atoms with van der Waals surface area (Å²) < 4.78 is 0. The summed E-state index contributed by atoms with van der Waals surface area (Å²) in [5.74, 6) is 2.36. The lowest BCUT2D eigenvalue weighted by Gasteiger charge is -2.57. The monoisotopic (exact) mass is 209 g/mol. The lowest BCUT2D eigenvalue weighted by atomic mass is 9.47. The molecule has 3 aliphatic rings. The van der Waals surface area contributed by atoms with Gasteiger partial charge < -0.3 is 10.8 Å². The minimum Gasteiger partial charge on any atom is -0.481 e. The number of carbonyl (C=O) groups is 1. The fourth-order valence-electron chi connectivity index (χ4n) is 5.06. The number of hydrogen-bond acceptors (Lipinski definition) is 2. The van der Waals surface area contributed by atoms with Crippen LogP contribution in [-0.2, 0) is 4.79 Å². The summed E-state index contributed by atoms with van der Waals surface area (Å²) in [6.45, 7) is 0.581. The van der Waals surface area contributed by atoms with Crippen LogP contribution in [0.3, 0.4) is 0 Å². The SMILES string of the molecule is NC[C@@]1(CC(=O)O)[C@@H]2CC[C@@H]3CC[C@H]1[C@@H]32. The fourth-order valence-corrected chi connectivity index (χ4v) is 5.06. The van der Waals surface area contributed by atoms with Crippen LogP contribution in [0.1, 0.15) is 32.1 Å². The molecule has 15 heavy (non-hydrogen) atoms. The number of nitrogens with two attached hydrogens (primary N) is 1. The lowest BCUT2D eigenvalue weighted by molar-refractivity contribution is -0.153. The first kappa shape index (κ1) is 9.64. The van der Waals surface area contributed by atoms with Gasteiger partial charge >= 0.3 is 5.97 Å². The highest BCUT2D eigenvalue weighted by atomic mass is 16.4. The van der Waals surface area contributed by atoms with Crippen LogP contribution in [0, 0.1) is 29.1 Å². The summed E-state index contributed by atoms with van der Waals surface area (Å²) in [6.07, 6.45) is 5.43. The molecule has 3 saturated carbocycles. The number of carboxylic acid groups (broad SMARTS) is 1. The van der Waals surface area contributed by atoms with E-state index < -0.39 is 5.97 Å². The van der Waals surface area contributed by atoms with Crippen molar-refractivity contribution in [1.29, 1.82) is 0 Å². The Morgan fingerprint density at radius 2 is 1.87 bits per heavy atom. The molecule has 0 aromatic rings. The van der Waals surface area contributed by atoms with Gasteiger partial charge in [-0.25, -0.2) is 0 Å². The smallest absolute Gasteiger partial charge is 0.303 e. The molecule has 5 atom stereocenters. The summed E-state index contributed by atoms with van der Waals surface area (Å²) in [4.78, 5) is 11.0. The van der Waals surface area contributed by atoms with Gasteiger partial charge in [-0.3, -0.25) is 4.79 Å². The van der Waals surface area contributed by atoms with Crippen molar-refractivity contribution in [3.05, 3.63) is 0 Å². The second kappa shape index (κ2) is 2.97. The Kier molecular flexibility index (Phi) is 1.91. The van der Waals surface area contributed by atoms with Crippen LogP contribution < -0.4 is 5.73 Å². The second-order valence-electron chi connectivity index (χ2n) is 5.71. The Morgan fingerprint density at radius 1 is 1.27 bits per heavy atom. The Morgan fingerprint density at radius 3 is 2.33 bits per heavy atom. The van der Waals surface area contributed by atoms with Crippen LogP contribution in [0.5, 0.6) is 0 Å². The van der Waals surface area contributed by atoms with Gasteiger partial charge in [-0.2, -0.15) is 0 Å². The highest BCUT2D eigenvalue weighted by molar-refractivity contribution is 5.68. The van der Waals surface area contributed by atoms with Crippen molar-refractivity contribution in [2.45, 2.75) is 32.1 Å². The van der Waals surface area contributed by atoms with E-state index in [1.807, 2.05) is 0 Å². The molecule has 3 N–H and O–H groups in total. The zero-order valence-electron chi connectivity index (χ0n) is 8.98. The van der Waals surface area contributed by atoms with Gasteiger partial charge in [-0.15, -0.1) is 0 Å². The minimum absolute atomic E-state index is 0.0260. The molecule has 3 aliphatic carbocycles. The maximum absolute atomic E-state index is 11.0. The molecule has 0 amide bonds. The molecule has 0 aliphatic heterocycles. The van der Waals surface area contributed by atoms with Crippen LogP contribution in [0.2, 0.25) is 0 Å². The highest BCUT2D eigenvalue weighted by Gasteiger charge is 2.67. The Hall–Kier alpha value is -0.570. The molecule has 0 unspecified atom stereocenters. The third-order valence-electron chi connectivity index (χ3n) is 5.51. The zero-order chi connectivity index (χ0) is 10.6. The molecular formula is C12H19NO2. The van der Waals surface area contributed by atoms with Crippen molar-refractivity contribution < 1.29 is 9.90 Å². The normalized spacial score (nSPS) is 51.3. The van der Waals surface area contributed by atoms with Gasteiger partial charge in [-0.1, -0.05) is 0 Å². The van der Waals surface area contributed by atoms with Gasteiger partial charge in [0.2, 0.25) is 0 Å². The lowest BCUT2D eigenvalue weighted by Crippen LogP contribution is -2.58. The molecule has 0 bridgehead atoms. The number of rotatable bonds is 3. The topological polar surface area (TPSA) is 63.3 Å². The van der Waals surface area contributed by atoms with Crippen LogP contribution in [-0.4, -0.2) is 17.6 Å². The standard InChI is InChI=1S/C12H19NO2/c13-6-12(5-10(14)15)8-3-1-7-2-4-9(12)11(7)8/h7-9,11H,1-6,13H2,(H,14,15)/t7-,8-,9+,11+,12+. The Labute approximate surface area is 90.0 Å². The van der Waals surface area contributed by atoms with Crippen LogP contribution in [0.15, 0.2) is 0 Å².